The van der Waals surface area contributed by atoms with Gasteiger partial charge in [-0.05, 0) is 42.3 Å². The van der Waals surface area contributed by atoms with Crippen LogP contribution in [0.15, 0.2) is 66.9 Å². The third-order valence-corrected chi connectivity index (χ3v) is 4.78. The van der Waals surface area contributed by atoms with Crippen LogP contribution < -0.4 is 5.32 Å². The number of carbonyl (C=O) groups excluding carboxylic acids is 1. The number of carboxylic acids is 1. The van der Waals surface area contributed by atoms with Crippen LogP contribution in [-0.4, -0.2) is 22.0 Å². The zero-order valence-electron chi connectivity index (χ0n) is 16.5. The molecule has 1 atom stereocenters. The number of amides is 1. The summed E-state index contributed by atoms with van der Waals surface area (Å²) >= 11 is 0. The highest BCUT2D eigenvalue weighted by atomic mass is 19.4. The van der Waals surface area contributed by atoms with E-state index >= 15 is 0 Å². The van der Waals surface area contributed by atoms with Crippen molar-refractivity contribution in [3.63, 3.8) is 0 Å². The van der Waals surface area contributed by atoms with Gasteiger partial charge in [-0.15, -0.1) is 0 Å². The third kappa shape index (κ3) is 5.48. The highest BCUT2D eigenvalue weighted by Gasteiger charge is 2.30. The van der Waals surface area contributed by atoms with Crippen LogP contribution in [0.25, 0.3) is 11.3 Å². The predicted octanol–water partition coefficient (Wildman–Crippen LogP) is 5.02. The smallest absolute Gasteiger partial charge is 0.416 e. The van der Waals surface area contributed by atoms with Gasteiger partial charge in [0.15, 0.2) is 0 Å². The van der Waals surface area contributed by atoms with E-state index in [0.29, 0.717) is 16.8 Å². The second kappa shape index (κ2) is 8.99. The Hall–Kier alpha value is -3.68. The molecule has 2 aromatic carbocycles. The van der Waals surface area contributed by atoms with Crippen LogP contribution in [0.4, 0.5) is 13.2 Å². The number of nitrogens with one attached hydrogen (secondary N) is 1. The van der Waals surface area contributed by atoms with Crippen molar-refractivity contribution in [2.24, 2.45) is 0 Å². The lowest BCUT2D eigenvalue weighted by molar-refractivity contribution is -0.138. The SMILES string of the molecule is Cc1ccccc1[C@H](CC(=O)O)NC(=O)c1ccnc(-c2ccc(C(F)(F)F)cc2)c1. The Balaban J connectivity index is 1.85. The number of hydrogen-bond donors (Lipinski definition) is 2. The van der Waals surface area contributed by atoms with Crippen molar-refractivity contribution in [1.82, 2.24) is 10.3 Å². The van der Waals surface area contributed by atoms with E-state index < -0.39 is 29.7 Å². The van der Waals surface area contributed by atoms with Gasteiger partial charge < -0.3 is 10.4 Å². The number of carbonyl (C=O) groups is 2. The van der Waals surface area contributed by atoms with E-state index in [1.54, 1.807) is 12.1 Å². The Bertz CT molecular complexity index is 1100. The first-order chi connectivity index (χ1) is 14.6. The minimum atomic E-state index is -4.44. The summed E-state index contributed by atoms with van der Waals surface area (Å²) in [6.07, 6.45) is -3.36. The zero-order valence-corrected chi connectivity index (χ0v) is 16.5. The van der Waals surface area contributed by atoms with Crippen LogP contribution in [0.1, 0.15) is 39.5 Å². The molecule has 0 saturated heterocycles. The minimum absolute atomic E-state index is 0.217. The molecular formula is C23H19F3N2O3. The Morgan fingerprint density at radius 3 is 2.35 bits per heavy atom. The topological polar surface area (TPSA) is 79.3 Å². The number of halogens is 3. The fourth-order valence-corrected chi connectivity index (χ4v) is 3.19. The molecule has 0 aliphatic heterocycles. The molecule has 1 aromatic heterocycles. The molecule has 1 amide bonds. The number of alkyl halides is 3. The van der Waals surface area contributed by atoms with Gasteiger partial charge in [0.2, 0.25) is 0 Å². The molecular weight excluding hydrogens is 409 g/mol. The van der Waals surface area contributed by atoms with Gasteiger partial charge in [0, 0.05) is 17.3 Å². The maximum atomic E-state index is 12.8. The van der Waals surface area contributed by atoms with Crippen LogP contribution in [0.5, 0.6) is 0 Å². The first-order valence-electron chi connectivity index (χ1n) is 9.37. The number of aliphatic carboxylic acids is 1. The summed E-state index contributed by atoms with van der Waals surface area (Å²) in [6, 6.07) is 13.8. The maximum Gasteiger partial charge on any atom is 0.416 e. The number of carboxylic acid groups (broad SMARTS) is 1. The summed E-state index contributed by atoms with van der Waals surface area (Å²) in [5.41, 5.74) is 1.72. The van der Waals surface area contributed by atoms with Gasteiger partial charge in [0.05, 0.1) is 23.7 Å². The lowest BCUT2D eigenvalue weighted by atomic mass is 9.98. The lowest BCUT2D eigenvalue weighted by Crippen LogP contribution is -2.30. The van der Waals surface area contributed by atoms with Crippen LogP contribution in [0.2, 0.25) is 0 Å². The van der Waals surface area contributed by atoms with Gasteiger partial charge in [-0.1, -0.05) is 36.4 Å². The van der Waals surface area contributed by atoms with Crippen LogP contribution >= 0.6 is 0 Å². The third-order valence-electron chi connectivity index (χ3n) is 4.78. The van der Waals surface area contributed by atoms with Crippen molar-refractivity contribution < 1.29 is 27.9 Å². The van der Waals surface area contributed by atoms with Crippen molar-refractivity contribution in [3.8, 4) is 11.3 Å². The number of benzene rings is 2. The van der Waals surface area contributed by atoms with Gasteiger partial charge in [-0.2, -0.15) is 13.2 Å². The average Bonchev–Trinajstić information content (AvgIpc) is 2.73. The molecule has 31 heavy (non-hydrogen) atoms. The molecule has 0 saturated carbocycles. The second-order valence-electron chi connectivity index (χ2n) is 6.99. The number of pyridine rings is 1. The molecule has 0 radical (unpaired) electrons. The summed E-state index contributed by atoms with van der Waals surface area (Å²) in [7, 11) is 0. The largest absolute Gasteiger partial charge is 0.481 e. The molecule has 160 valence electrons. The summed E-state index contributed by atoms with van der Waals surface area (Å²) < 4.78 is 38.3. The Labute approximate surface area is 176 Å². The minimum Gasteiger partial charge on any atom is -0.481 e. The van der Waals surface area contributed by atoms with Crippen molar-refractivity contribution >= 4 is 11.9 Å². The zero-order chi connectivity index (χ0) is 22.6. The van der Waals surface area contributed by atoms with E-state index in [2.05, 4.69) is 10.3 Å². The second-order valence-corrected chi connectivity index (χ2v) is 6.99. The van der Waals surface area contributed by atoms with Gasteiger partial charge >= 0.3 is 12.1 Å². The number of nitrogens with zero attached hydrogens (tertiary/aromatic N) is 1. The van der Waals surface area contributed by atoms with Crippen molar-refractivity contribution in [2.75, 3.05) is 0 Å². The molecule has 0 fully saturated rings. The molecule has 5 nitrogen and oxygen atoms in total. The summed E-state index contributed by atoms with van der Waals surface area (Å²) in [5.74, 6) is -1.57. The fourth-order valence-electron chi connectivity index (χ4n) is 3.19. The summed E-state index contributed by atoms with van der Waals surface area (Å²) in [5, 5.41) is 12.0. The molecule has 8 heteroatoms. The van der Waals surface area contributed by atoms with Gasteiger partial charge in [0.25, 0.3) is 5.91 Å². The molecule has 0 unspecified atom stereocenters. The van der Waals surface area contributed by atoms with Crippen molar-refractivity contribution in [2.45, 2.75) is 25.6 Å². The van der Waals surface area contributed by atoms with Gasteiger partial charge in [-0.25, -0.2) is 0 Å². The normalized spacial score (nSPS) is 12.3. The van der Waals surface area contributed by atoms with Crippen molar-refractivity contribution in [1.29, 1.82) is 0 Å². The first-order valence-corrected chi connectivity index (χ1v) is 9.37. The standard InChI is InChI=1S/C23H19F3N2O3/c1-14-4-2-3-5-18(14)20(13-21(29)30)28-22(31)16-10-11-27-19(12-16)15-6-8-17(9-7-15)23(24,25)26/h2-12,20H,13H2,1H3,(H,28,31)(H,29,30)/t20-/m0/s1. The quantitative estimate of drug-likeness (QED) is 0.578. The molecule has 0 bridgehead atoms. The molecule has 1 heterocycles. The number of hydrogen-bond acceptors (Lipinski definition) is 3. The van der Waals surface area contributed by atoms with E-state index in [1.807, 2.05) is 19.1 Å². The van der Waals surface area contributed by atoms with E-state index in [0.717, 1.165) is 17.7 Å². The highest BCUT2D eigenvalue weighted by molar-refractivity contribution is 5.95. The van der Waals surface area contributed by atoms with E-state index in [4.69, 9.17) is 0 Å². The van der Waals surface area contributed by atoms with Gasteiger partial charge in [0.1, 0.15) is 0 Å². The average molecular weight is 428 g/mol. The maximum absolute atomic E-state index is 12.8. The number of aromatic nitrogens is 1. The van der Waals surface area contributed by atoms with Crippen LogP contribution in [-0.2, 0) is 11.0 Å². The van der Waals surface area contributed by atoms with E-state index in [1.165, 1.54) is 30.5 Å². The molecule has 3 aromatic rings. The number of rotatable bonds is 6. The number of aryl methyl sites for hydroxylation is 1. The Morgan fingerprint density at radius 2 is 1.74 bits per heavy atom. The predicted molar refractivity (Wildman–Crippen MR) is 108 cm³/mol. The van der Waals surface area contributed by atoms with Crippen LogP contribution in [0.3, 0.4) is 0 Å². The Kier molecular flexibility index (Phi) is 6.39. The monoisotopic (exact) mass is 428 g/mol. The first kappa shape index (κ1) is 22.0. The van der Waals surface area contributed by atoms with Crippen LogP contribution in [0, 0.1) is 6.92 Å². The molecule has 0 spiro atoms. The summed E-state index contributed by atoms with van der Waals surface area (Å²) in [6.45, 7) is 1.82. The molecule has 3 rings (SSSR count). The van der Waals surface area contributed by atoms with Crippen molar-refractivity contribution in [3.05, 3.63) is 89.1 Å². The van der Waals surface area contributed by atoms with E-state index in [9.17, 15) is 27.9 Å². The highest BCUT2D eigenvalue weighted by Crippen LogP contribution is 2.30. The molecule has 0 aliphatic carbocycles. The Morgan fingerprint density at radius 1 is 1.06 bits per heavy atom. The summed E-state index contributed by atoms with van der Waals surface area (Å²) in [4.78, 5) is 28.2. The van der Waals surface area contributed by atoms with Gasteiger partial charge in [-0.3, -0.25) is 14.6 Å². The molecule has 2 N–H and O–H groups in total. The molecule has 0 aliphatic rings. The fraction of sp³-hybridized carbons (Fsp3) is 0.174. The lowest BCUT2D eigenvalue weighted by Gasteiger charge is -2.19. The van der Waals surface area contributed by atoms with E-state index in [-0.39, 0.29) is 12.0 Å².